The SMILES string of the molecule is Cc1cc(-n2c3[c-]c(Oc4[c-]c(N5[CH-]N(c6cccc(C(C)(C)C)c6)c6ccccc65)ccc4)ccc3c3ccccc32)ncc1-c1ccc(C(C)(C)C)cc1.[Pt]. The van der Waals surface area contributed by atoms with Crippen LogP contribution in [0.2, 0.25) is 0 Å². The van der Waals surface area contributed by atoms with Gasteiger partial charge in [0.2, 0.25) is 0 Å². The van der Waals surface area contributed by atoms with E-state index in [4.69, 9.17) is 9.72 Å². The maximum absolute atomic E-state index is 6.56. The first-order valence-electron chi connectivity index (χ1n) is 19.3. The number of ether oxygens (including phenoxy) is 1. The van der Waals surface area contributed by atoms with Gasteiger partial charge in [-0.05, 0) is 81.8 Å². The first kappa shape index (κ1) is 38.2. The molecule has 0 fully saturated rings. The number of benzene rings is 6. The van der Waals surface area contributed by atoms with Crippen LogP contribution in [0.3, 0.4) is 0 Å². The zero-order valence-electron chi connectivity index (χ0n) is 33.4. The van der Waals surface area contributed by atoms with Crippen molar-refractivity contribution in [1.29, 1.82) is 0 Å². The van der Waals surface area contributed by atoms with Crippen LogP contribution in [0.1, 0.15) is 58.2 Å². The summed E-state index contributed by atoms with van der Waals surface area (Å²) in [5.74, 6) is 2.05. The predicted octanol–water partition coefficient (Wildman–Crippen LogP) is 13.5. The Labute approximate surface area is 350 Å². The average Bonchev–Trinajstić information content (AvgIpc) is 3.74. The molecule has 0 radical (unpaired) electrons. The van der Waals surface area contributed by atoms with Crippen molar-refractivity contribution in [3.05, 3.63) is 175 Å². The van der Waals surface area contributed by atoms with Gasteiger partial charge < -0.3 is 19.1 Å². The molecule has 0 unspecified atom stereocenters. The van der Waals surface area contributed by atoms with E-state index >= 15 is 0 Å². The third kappa shape index (κ3) is 7.15. The van der Waals surface area contributed by atoms with Crippen LogP contribution in [0.4, 0.5) is 22.7 Å². The molecule has 57 heavy (non-hydrogen) atoms. The number of hydrogen-bond donors (Lipinski definition) is 0. The molecular formula is C51H45N4OPt-3. The maximum atomic E-state index is 6.56. The Morgan fingerprint density at radius 1 is 0.614 bits per heavy atom. The van der Waals surface area contributed by atoms with Crippen LogP contribution < -0.4 is 14.5 Å². The summed E-state index contributed by atoms with van der Waals surface area (Å²) in [6.45, 7) is 17.8. The van der Waals surface area contributed by atoms with Gasteiger partial charge in [0.05, 0.1) is 0 Å². The number of aryl methyl sites for hydroxylation is 1. The van der Waals surface area contributed by atoms with E-state index in [9.17, 15) is 0 Å². The number of anilines is 4. The van der Waals surface area contributed by atoms with Crippen molar-refractivity contribution in [1.82, 2.24) is 9.55 Å². The summed E-state index contributed by atoms with van der Waals surface area (Å²) in [5.41, 5.74) is 12.4. The average molecular weight is 925 g/mol. The summed E-state index contributed by atoms with van der Waals surface area (Å²) in [6, 6.07) is 54.0. The molecule has 0 N–H and O–H groups in total. The fourth-order valence-electron chi connectivity index (χ4n) is 7.67. The van der Waals surface area contributed by atoms with Crippen LogP contribution >= 0.6 is 0 Å². The first-order valence-corrected chi connectivity index (χ1v) is 19.3. The van der Waals surface area contributed by atoms with Gasteiger partial charge in [0.25, 0.3) is 0 Å². The van der Waals surface area contributed by atoms with E-state index in [0.717, 1.165) is 67.1 Å². The Hall–Kier alpha value is -5.64. The Morgan fingerprint density at radius 3 is 2.04 bits per heavy atom. The Morgan fingerprint density at radius 2 is 1.30 bits per heavy atom. The standard InChI is InChI=1S/C51H45N4O.Pt/c1-34-28-49(52-32-44(34)35-22-24-36(25-23-35)50(2,3)4)55-45-19-9-8-18-42(45)43-27-26-41(31-48(43)55)56-40-17-13-16-39(30-40)54-33-53(46-20-10-11-21-47(46)54)38-15-12-14-37(29-38)51(5,6)7;/h8-29,32-33H,1-7H3;/q-3;. The molecule has 1 aliphatic rings. The van der Waals surface area contributed by atoms with E-state index in [1.807, 2.05) is 24.4 Å². The van der Waals surface area contributed by atoms with E-state index in [-0.39, 0.29) is 31.9 Å². The smallest absolute Gasteiger partial charge is 0.135 e. The summed E-state index contributed by atoms with van der Waals surface area (Å²) in [4.78, 5) is 9.47. The summed E-state index contributed by atoms with van der Waals surface area (Å²) in [6.07, 6.45) is 1.99. The summed E-state index contributed by atoms with van der Waals surface area (Å²) in [7, 11) is 0. The molecule has 0 saturated heterocycles. The molecule has 5 nitrogen and oxygen atoms in total. The summed E-state index contributed by atoms with van der Waals surface area (Å²) < 4.78 is 8.75. The second-order valence-electron chi connectivity index (χ2n) is 16.8. The number of rotatable bonds is 6. The number of pyridine rings is 1. The molecule has 0 bridgehead atoms. The van der Waals surface area contributed by atoms with Crippen LogP contribution in [0.25, 0.3) is 38.8 Å². The normalized spacial score (nSPS) is 12.9. The molecule has 9 rings (SSSR count). The van der Waals surface area contributed by atoms with E-state index in [2.05, 4.69) is 197 Å². The van der Waals surface area contributed by atoms with Gasteiger partial charge in [0.1, 0.15) is 5.82 Å². The maximum Gasteiger partial charge on any atom is 0.135 e. The van der Waals surface area contributed by atoms with Gasteiger partial charge in [-0.1, -0.05) is 114 Å². The van der Waals surface area contributed by atoms with Gasteiger partial charge in [-0.15, -0.1) is 48.1 Å². The molecule has 2 aromatic heterocycles. The molecule has 1 aliphatic heterocycles. The molecule has 288 valence electrons. The second kappa shape index (κ2) is 14.7. The van der Waals surface area contributed by atoms with Crippen molar-refractivity contribution in [3.63, 3.8) is 0 Å². The molecule has 0 atom stereocenters. The van der Waals surface area contributed by atoms with Gasteiger partial charge in [0.15, 0.2) is 0 Å². The third-order valence-corrected chi connectivity index (χ3v) is 10.8. The van der Waals surface area contributed by atoms with Gasteiger partial charge in [-0.3, -0.25) is 0 Å². The van der Waals surface area contributed by atoms with Crippen molar-refractivity contribution in [2.24, 2.45) is 0 Å². The third-order valence-electron chi connectivity index (χ3n) is 10.8. The molecule has 6 heteroatoms. The number of hydrogen-bond acceptors (Lipinski definition) is 4. The zero-order valence-corrected chi connectivity index (χ0v) is 35.6. The number of nitrogens with zero attached hydrogens (tertiary/aromatic N) is 4. The minimum absolute atomic E-state index is 0. The minimum Gasteiger partial charge on any atom is -0.509 e. The molecular weight excluding hydrogens is 880 g/mol. The van der Waals surface area contributed by atoms with Crippen molar-refractivity contribution in [2.45, 2.75) is 59.3 Å². The molecule has 0 amide bonds. The monoisotopic (exact) mass is 924 g/mol. The Balaban J connectivity index is 0.00000455. The van der Waals surface area contributed by atoms with Crippen LogP contribution in [-0.2, 0) is 31.9 Å². The van der Waals surface area contributed by atoms with Gasteiger partial charge in [-0.25, -0.2) is 4.98 Å². The van der Waals surface area contributed by atoms with Gasteiger partial charge >= 0.3 is 0 Å². The predicted molar refractivity (Wildman–Crippen MR) is 232 cm³/mol. The van der Waals surface area contributed by atoms with Gasteiger partial charge in [0, 0.05) is 66.9 Å². The topological polar surface area (TPSA) is 33.5 Å². The first-order chi connectivity index (χ1) is 26.9. The molecule has 8 aromatic rings. The molecule has 6 aromatic carbocycles. The fourth-order valence-corrected chi connectivity index (χ4v) is 7.67. The summed E-state index contributed by atoms with van der Waals surface area (Å²) in [5, 5.41) is 2.23. The Bertz CT molecular complexity index is 2750. The van der Waals surface area contributed by atoms with Crippen LogP contribution in [0.15, 0.2) is 140 Å². The molecule has 3 heterocycles. The molecule has 0 spiro atoms. The quantitative estimate of drug-likeness (QED) is 0.156. The fraction of sp³-hybridized carbons (Fsp3) is 0.176. The van der Waals surface area contributed by atoms with Crippen LogP contribution in [0.5, 0.6) is 11.5 Å². The number of fused-ring (bicyclic) bond motifs is 4. The Kier molecular flexibility index (Phi) is 9.86. The van der Waals surface area contributed by atoms with E-state index < -0.39 is 0 Å². The largest absolute Gasteiger partial charge is 0.509 e. The molecule has 0 saturated carbocycles. The number of aromatic nitrogens is 2. The minimum atomic E-state index is 0. The van der Waals surface area contributed by atoms with E-state index in [1.54, 1.807) is 0 Å². The van der Waals surface area contributed by atoms with Crippen LogP contribution in [-0.4, -0.2) is 9.55 Å². The second-order valence-corrected chi connectivity index (χ2v) is 16.8. The van der Waals surface area contributed by atoms with Crippen molar-refractivity contribution < 1.29 is 25.8 Å². The molecule has 0 aliphatic carbocycles. The van der Waals surface area contributed by atoms with Crippen LogP contribution in [0, 0.1) is 25.7 Å². The zero-order chi connectivity index (χ0) is 38.8. The van der Waals surface area contributed by atoms with Gasteiger partial charge in [-0.2, -0.15) is 12.1 Å². The van der Waals surface area contributed by atoms with Crippen molar-refractivity contribution >= 4 is 44.6 Å². The number of para-hydroxylation sites is 3. The van der Waals surface area contributed by atoms with Crippen molar-refractivity contribution in [3.8, 4) is 28.4 Å². The van der Waals surface area contributed by atoms with E-state index in [0.29, 0.717) is 11.5 Å². The van der Waals surface area contributed by atoms with E-state index in [1.165, 1.54) is 11.1 Å². The van der Waals surface area contributed by atoms with Crippen molar-refractivity contribution in [2.75, 3.05) is 9.80 Å². The summed E-state index contributed by atoms with van der Waals surface area (Å²) >= 11 is 0.